The number of aryl methyl sites for hydroxylation is 1. The minimum absolute atomic E-state index is 0.0402. The Kier molecular flexibility index (Phi) is 3.83. The van der Waals surface area contributed by atoms with Crippen LogP contribution in [0.2, 0.25) is 0 Å². The number of anilines is 1. The first-order chi connectivity index (χ1) is 9.34. The zero-order valence-corrected chi connectivity index (χ0v) is 11.1. The first kappa shape index (κ1) is 14.6. The molecule has 0 amide bonds. The minimum Gasteiger partial charge on any atom is -0.384 e. The molecular weight excluding hydrogens is 272 g/mol. The molecule has 0 aliphatic heterocycles. The van der Waals surface area contributed by atoms with Crippen LogP contribution in [0, 0.1) is 12.7 Å². The van der Waals surface area contributed by atoms with Crippen LogP contribution < -0.4 is 5.32 Å². The van der Waals surface area contributed by atoms with Crippen molar-refractivity contribution in [2.24, 2.45) is 0 Å². The summed E-state index contributed by atoms with van der Waals surface area (Å²) < 4.78 is 52.1. The van der Waals surface area contributed by atoms with E-state index in [9.17, 15) is 17.6 Å². The van der Waals surface area contributed by atoms with Gasteiger partial charge in [-0.2, -0.15) is 13.2 Å². The zero-order chi connectivity index (χ0) is 14.9. The van der Waals surface area contributed by atoms with Crippen molar-refractivity contribution >= 4 is 16.6 Å². The number of aromatic nitrogens is 1. The van der Waals surface area contributed by atoms with Crippen molar-refractivity contribution in [1.82, 2.24) is 4.98 Å². The van der Waals surface area contributed by atoms with Crippen LogP contribution in [0.1, 0.15) is 24.6 Å². The van der Waals surface area contributed by atoms with E-state index < -0.39 is 17.7 Å². The van der Waals surface area contributed by atoms with Gasteiger partial charge in [0.05, 0.1) is 5.52 Å². The predicted molar refractivity (Wildman–Crippen MR) is 70.2 cm³/mol. The lowest BCUT2D eigenvalue weighted by Gasteiger charge is -2.14. The van der Waals surface area contributed by atoms with Crippen molar-refractivity contribution in [3.63, 3.8) is 0 Å². The van der Waals surface area contributed by atoms with Gasteiger partial charge in [0.1, 0.15) is 11.5 Å². The summed E-state index contributed by atoms with van der Waals surface area (Å²) in [7, 11) is 0. The Morgan fingerprint density at radius 2 is 1.95 bits per heavy atom. The fourth-order valence-corrected chi connectivity index (χ4v) is 1.96. The van der Waals surface area contributed by atoms with Gasteiger partial charge in [0, 0.05) is 23.2 Å². The van der Waals surface area contributed by atoms with Crippen LogP contribution in [0.3, 0.4) is 0 Å². The maximum atomic E-state index is 13.5. The highest BCUT2D eigenvalue weighted by Crippen LogP contribution is 2.34. The molecule has 6 heteroatoms. The first-order valence-electron chi connectivity index (χ1n) is 6.25. The largest absolute Gasteiger partial charge is 0.433 e. The van der Waals surface area contributed by atoms with Gasteiger partial charge in [-0.15, -0.1) is 0 Å². The number of alkyl halides is 3. The highest BCUT2D eigenvalue weighted by atomic mass is 19.4. The molecule has 0 saturated carbocycles. The Morgan fingerprint density at radius 3 is 2.55 bits per heavy atom. The maximum Gasteiger partial charge on any atom is 0.433 e. The maximum absolute atomic E-state index is 13.5. The fraction of sp³-hybridized carbons (Fsp3) is 0.357. The summed E-state index contributed by atoms with van der Waals surface area (Å²) in [5.41, 5.74) is -0.531. The summed E-state index contributed by atoms with van der Waals surface area (Å²) in [5, 5.41) is 3.43. The molecule has 2 nitrogen and oxygen atoms in total. The van der Waals surface area contributed by atoms with Crippen LogP contribution in [-0.4, -0.2) is 11.5 Å². The van der Waals surface area contributed by atoms with Gasteiger partial charge >= 0.3 is 6.18 Å². The van der Waals surface area contributed by atoms with Gasteiger partial charge in [-0.3, -0.25) is 0 Å². The van der Waals surface area contributed by atoms with E-state index in [4.69, 9.17) is 0 Å². The molecule has 1 aromatic heterocycles. The molecule has 2 aromatic rings. The van der Waals surface area contributed by atoms with Gasteiger partial charge < -0.3 is 5.32 Å². The van der Waals surface area contributed by atoms with E-state index in [0.29, 0.717) is 17.6 Å². The Bertz CT molecular complexity index is 635. The summed E-state index contributed by atoms with van der Waals surface area (Å²) in [4.78, 5) is 3.57. The summed E-state index contributed by atoms with van der Waals surface area (Å²) >= 11 is 0. The van der Waals surface area contributed by atoms with Crippen LogP contribution in [0.5, 0.6) is 0 Å². The van der Waals surface area contributed by atoms with E-state index in [2.05, 4.69) is 10.3 Å². The average molecular weight is 286 g/mol. The van der Waals surface area contributed by atoms with E-state index in [1.54, 1.807) is 0 Å². The van der Waals surface area contributed by atoms with Crippen molar-refractivity contribution in [3.8, 4) is 0 Å². The number of benzene rings is 1. The molecule has 0 unspecified atom stereocenters. The molecule has 0 fully saturated rings. The van der Waals surface area contributed by atoms with Crippen molar-refractivity contribution in [1.29, 1.82) is 0 Å². The molecule has 1 N–H and O–H groups in total. The number of hydrogen-bond donors (Lipinski definition) is 1. The summed E-state index contributed by atoms with van der Waals surface area (Å²) in [6.45, 7) is 3.87. The molecule has 0 bridgehead atoms. The van der Waals surface area contributed by atoms with E-state index in [1.807, 2.05) is 6.92 Å². The second-order valence-electron chi connectivity index (χ2n) is 4.55. The Balaban J connectivity index is 2.71. The van der Waals surface area contributed by atoms with Crippen molar-refractivity contribution in [2.45, 2.75) is 26.4 Å². The number of pyridine rings is 1. The summed E-state index contributed by atoms with van der Waals surface area (Å²) in [6, 6.07) is 3.65. The molecule has 0 aliphatic rings. The van der Waals surface area contributed by atoms with E-state index >= 15 is 0 Å². The highest BCUT2D eigenvalue weighted by molar-refractivity contribution is 5.93. The molecular formula is C14H14F4N2. The lowest BCUT2D eigenvalue weighted by Crippen LogP contribution is -2.11. The van der Waals surface area contributed by atoms with Crippen LogP contribution in [0.4, 0.5) is 23.2 Å². The number of nitrogens with one attached hydrogen (secondary N) is 1. The van der Waals surface area contributed by atoms with E-state index in [-0.39, 0.29) is 11.1 Å². The topological polar surface area (TPSA) is 24.9 Å². The minimum atomic E-state index is -4.56. The number of fused-ring (bicyclic) bond motifs is 1. The second-order valence-corrected chi connectivity index (χ2v) is 4.55. The lowest BCUT2D eigenvalue weighted by molar-refractivity contribution is -0.140. The number of rotatable bonds is 3. The fourth-order valence-electron chi connectivity index (χ4n) is 1.96. The smallest absolute Gasteiger partial charge is 0.384 e. The molecule has 108 valence electrons. The van der Waals surface area contributed by atoms with E-state index in [1.165, 1.54) is 19.1 Å². The molecule has 0 aliphatic carbocycles. The third-order valence-corrected chi connectivity index (χ3v) is 3.02. The SMILES string of the molecule is CCCNc1cc(C(F)(F)F)nc2c(C)c(F)ccc12. The molecule has 0 atom stereocenters. The van der Waals surface area contributed by atoms with Gasteiger partial charge in [0.25, 0.3) is 0 Å². The highest BCUT2D eigenvalue weighted by Gasteiger charge is 2.33. The predicted octanol–water partition coefficient (Wildman–Crippen LogP) is 4.52. The summed E-state index contributed by atoms with van der Waals surface area (Å²) in [5.74, 6) is -0.564. The normalized spacial score (nSPS) is 11.9. The van der Waals surface area contributed by atoms with E-state index in [0.717, 1.165) is 12.5 Å². The first-order valence-corrected chi connectivity index (χ1v) is 6.25. The van der Waals surface area contributed by atoms with Crippen molar-refractivity contribution in [3.05, 3.63) is 35.3 Å². The molecule has 0 radical (unpaired) electrons. The Labute approximate surface area is 113 Å². The monoisotopic (exact) mass is 286 g/mol. The third-order valence-electron chi connectivity index (χ3n) is 3.02. The second kappa shape index (κ2) is 5.26. The van der Waals surface area contributed by atoms with Crippen LogP contribution in [0.15, 0.2) is 18.2 Å². The lowest BCUT2D eigenvalue weighted by atomic mass is 10.1. The molecule has 1 aromatic carbocycles. The van der Waals surface area contributed by atoms with Crippen molar-refractivity contribution < 1.29 is 17.6 Å². The standard InChI is InChI=1S/C14H14F4N2/c1-3-6-19-11-7-12(14(16,17)18)20-13-8(2)10(15)5-4-9(11)13/h4-5,7H,3,6H2,1-2H3,(H,19,20). The molecule has 0 spiro atoms. The van der Waals surface area contributed by atoms with Gasteiger partial charge in [0.15, 0.2) is 0 Å². The molecule has 20 heavy (non-hydrogen) atoms. The molecule has 0 saturated heterocycles. The summed E-state index contributed by atoms with van der Waals surface area (Å²) in [6.07, 6.45) is -3.79. The Morgan fingerprint density at radius 1 is 1.25 bits per heavy atom. The quantitative estimate of drug-likeness (QED) is 0.839. The third kappa shape index (κ3) is 2.69. The Hall–Kier alpha value is -1.85. The molecule has 1 heterocycles. The van der Waals surface area contributed by atoms with Crippen LogP contribution in [0.25, 0.3) is 10.9 Å². The van der Waals surface area contributed by atoms with Crippen molar-refractivity contribution in [2.75, 3.05) is 11.9 Å². The zero-order valence-electron chi connectivity index (χ0n) is 11.1. The van der Waals surface area contributed by atoms with Gasteiger partial charge in [-0.05, 0) is 31.5 Å². The van der Waals surface area contributed by atoms with Gasteiger partial charge in [0.2, 0.25) is 0 Å². The van der Waals surface area contributed by atoms with Gasteiger partial charge in [-0.1, -0.05) is 6.92 Å². The number of halogens is 4. The van der Waals surface area contributed by atoms with Crippen LogP contribution in [-0.2, 0) is 6.18 Å². The number of hydrogen-bond acceptors (Lipinski definition) is 2. The number of nitrogens with zero attached hydrogens (tertiary/aromatic N) is 1. The molecule has 2 rings (SSSR count). The van der Waals surface area contributed by atoms with Gasteiger partial charge in [-0.25, -0.2) is 9.37 Å². The van der Waals surface area contributed by atoms with Crippen LogP contribution >= 0.6 is 0 Å². The average Bonchev–Trinajstić information content (AvgIpc) is 2.39.